The summed E-state index contributed by atoms with van der Waals surface area (Å²) in [5, 5.41) is 9.92. The SMILES string of the molecule is N#CC1=C(N)Oc2c(c(=O)oc3ccccc23)[C@H]1c1ccc(F)cc1F. The molecule has 2 aromatic carbocycles. The number of allylic oxidation sites excluding steroid dienone is 1. The highest BCUT2D eigenvalue weighted by atomic mass is 19.1. The number of fused-ring (bicyclic) bond motifs is 3. The van der Waals surface area contributed by atoms with Gasteiger partial charge in [-0.2, -0.15) is 5.26 Å². The number of halogens is 2. The van der Waals surface area contributed by atoms with E-state index in [1.165, 1.54) is 6.07 Å². The molecule has 0 saturated heterocycles. The second-order valence-electron chi connectivity index (χ2n) is 5.72. The zero-order chi connectivity index (χ0) is 18.4. The van der Waals surface area contributed by atoms with Crippen molar-refractivity contribution in [3.8, 4) is 11.8 Å². The molecule has 0 spiro atoms. The van der Waals surface area contributed by atoms with Gasteiger partial charge in [-0.15, -0.1) is 0 Å². The molecule has 26 heavy (non-hydrogen) atoms. The number of ether oxygens (including phenoxy) is 1. The summed E-state index contributed by atoms with van der Waals surface area (Å²) in [7, 11) is 0. The van der Waals surface area contributed by atoms with E-state index in [-0.39, 0.29) is 33.9 Å². The van der Waals surface area contributed by atoms with E-state index >= 15 is 0 Å². The fourth-order valence-electron chi connectivity index (χ4n) is 3.11. The van der Waals surface area contributed by atoms with Crippen LogP contribution in [-0.4, -0.2) is 0 Å². The van der Waals surface area contributed by atoms with Crippen LogP contribution < -0.4 is 16.1 Å². The highest BCUT2D eigenvalue weighted by molar-refractivity contribution is 5.86. The predicted octanol–water partition coefficient (Wildman–Crippen LogP) is 3.29. The Morgan fingerprint density at radius 1 is 1.15 bits per heavy atom. The molecule has 1 aliphatic heterocycles. The summed E-state index contributed by atoms with van der Waals surface area (Å²) >= 11 is 0. The van der Waals surface area contributed by atoms with Crippen molar-refractivity contribution in [3.05, 3.63) is 87.1 Å². The third-order valence-electron chi connectivity index (χ3n) is 4.25. The maximum Gasteiger partial charge on any atom is 0.344 e. The van der Waals surface area contributed by atoms with E-state index in [4.69, 9.17) is 14.9 Å². The molecule has 5 nitrogen and oxygen atoms in total. The van der Waals surface area contributed by atoms with Crippen molar-refractivity contribution in [1.82, 2.24) is 0 Å². The third-order valence-corrected chi connectivity index (χ3v) is 4.25. The van der Waals surface area contributed by atoms with Crippen LogP contribution in [0.2, 0.25) is 0 Å². The highest BCUT2D eigenvalue weighted by Crippen LogP contribution is 2.43. The number of nitrogens with zero attached hydrogens (tertiary/aromatic N) is 1. The fourth-order valence-corrected chi connectivity index (χ4v) is 3.11. The minimum Gasteiger partial charge on any atom is -0.439 e. The van der Waals surface area contributed by atoms with Crippen molar-refractivity contribution in [1.29, 1.82) is 5.26 Å². The van der Waals surface area contributed by atoms with Gasteiger partial charge in [0, 0.05) is 11.6 Å². The summed E-state index contributed by atoms with van der Waals surface area (Å²) in [6, 6.07) is 11.4. The lowest BCUT2D eigenvalue weighted by Crippen LogP contribution is -2.26. The first kappa shape index (κ1) is 15.8. The van der Waals surface area contributed by atoms with Gasteiger partial charge >= 0.3 is 5.63 Å². The lowest BCUT2D eigenvalue weighted by molar-refractivity contribution is 0.386. The summed E-state index contributed by atoms with van der Waals surface area (Å²) in [5.41, 5.74) is 5.07. The van der Waals surface area contributed by atoms with Crippen LogP contribution in [0.5, 0.6) is 5.75 Å². The maximum absolute atomic E-state index is 14.4. The molecule has 0 aliphatic carbocycles. The minimum atomic E-state index is -1.16. The van der Waals surface area contributed by atoms with Crippen LogP contribution in [-0.2, 0) is 0 Å². The molecule has 1 aromatic heterocycles. The van der Waals surface area contributed by atoms with E-state index in [1.54, 1.807) is 24.3 Å². The highest BCUT2D eigenvalue weighted by Gasteiger charge is 2.36. The lowest BCUT2D eigenvalue weighted by atomic mass is 9.83. The summed E-state index contributed by atoms with van der Waals surface area (Å²) in [5.74, 6) is -2.99. The number of nitriles is 1. The lowest BCUT2D eigenvalue weighted by Gasteiger charge is -2.26. The fraction of sp³-hybridized carbons (Fsp3) is 0.0526. The van der Waals surface area contributed by atoms with Gasteiger partial charge in [0.1, 0.15) is 28.9 Å². The molecule has 0 fully saturated rings. The maximum atomic E-state index is 14.4. The molecule has 0 radical (unpaired) electrons. The number of benzene rings is 2. The first-order chi connectivity index (χ1) is 12.5. The van der Waals surface area contributed by atoms with E-state index in [9.17, 15) is 18.8 Å². The number of para-hydroxylation sites is 1. The van der Waals surface area contributed by atoms with Crippen molar-refractivity contribution in [2.24, 2.45) is 5.73 Å². The first-order valence-electron chi connectivity index (χ1n) is 7.59. The molecular weight excluding hydrogens is 342 g/mol. The zero-order valence-electron chi connectivity index (χ0n) is 13.1. The van der Waals surface area contributed by atoms with Gasteiger partial charge in [-0.1, -0.05) is 18.2 Å². The van der Waals surface area contributed by atoms with Crippen LogP contribution in [0.1, 0.15) is 17.0 Å². The molecule has 2 N–H and O–H groups in total. The van der Waals surface area contributed by atoms with E-state index in [0.29, 0.717) is 11.5 Å². The monoisotopic (exact) mass is 352 g/mol. The number of rotatable bonds is 1. The van der Waals surface area contributed by atoms with Crippen LogP contribution >= 0.6 is 0 Å². The van der Waals surface area contributed by atoms with Gasteiger partial charge in [0.2, 0.25) is 5.88 Å². The Morgan fingerprint density at radius 3 is 2.65 bits per heavy atom. The Labute approximate surface area is 145 Å². The normalized spacial score (nSPS) is 16.1. The molecule has 0 amide bonds. The van der Waals surface area contributed by atoms with Crippen molar-refractivity contribution >= 4 is 11.0 Å². The Bertz CT molecular complexity index is 1190. The Kier molecular flexibility index (Phi) is 3.48. The Morgan fingerprint density at radius 2 is 1.92 bits per heavy atom. The number of hydrogen-bond acceptors (Lipinski definition) is 5. The van der Waals surface area contributed by atoms with E-state index < -0.39 is 23.2 Å². The van der Waals surface area contributed by atoms with Crippen LogP contribution in [0.25, 0.3) is 11.0 Å². The van der Waals surface area contributed by atoms with E-state index in [0.717, 1.165) is 6.07 Å². The van der Waals surface area contributed by atoms with Crippen LogP contribution in [0, 0.1) is 23.0 Å². The van der Waals surface area contributed by atoms with Gasteiger partial charge in [0.25, 0.3) is 0 Å². The molecule has 0 unspecified atom stereocenters. The smallest absolute Gasteiger partial charge is 0.344 e. The summed E-state index contributed by atoms with van der Waals surface area (Å²) < 4.78 is 38.6. The number of nitrogens with two attached hydrogens (primary N) is 1. The zero-order valence-corrected chi connectivity index (χ0v) is 13.1. The molecule has 0 saturated carbocycles. The summed E-state index contributed by atoms with van der Waals surface area (Å²) in [6.07, 6.45) is 0. The Balaban J connectivity index is 2.10. The van der Waals surface area contributed by atoms with E-state index in [1.807, 2.05) is 6.07 Å². The van der Waals surface area contributed by atoms with Gasteiger partial charge in [-0.25, -0.2) is 13.6 Å². The van der Waals surface area contributed by atoms with Crippen molar-refractivity contribution in [3.63, 3.8) is 0 Å². The quantitative estimate of drug-likeness (QED) is 0.679. The minimum absolute atomic E-state index is 0.0556. The molecular formula is C19H10F2N2O3. The summed E-state index contributed by atoms with van der Waals surface area (Å²) in [4.78, 5) is 12.6. The topological polar surface area (TPSA) is 89.3 Å². The standard InChI is InChI=1S/C19H10F2N2O3/c20-9-5-6-10(13(21)7-9)15-12(8-22)18(23)26-17-11-3-1-2-4-14(11)25-19(24)16(15)17/h1-7,15H,23H2/t15-/m0/s1. The molecule has 128 valence electrons. The second-order valence-corrected chi connectivity index (χ2v) is 5.72. The van der Waals surface area contributed by atoms with Crippen molar-refractivity contribution < 1.29 is 17.9 Å². The largest absolute Gasteiger partial charge is 0.439 e. The summed E-state index contributed by atoms with van der Waals surface area (Å²) in [6.45, 7) is 0. The molecule has 2 heterocycles. The third kappa shape index (κ3) is 2.24. The van der Waals surface area contributed by atoms with Gasteiger partial charge in [-0.3, -0.25) is 0 Å². The Hall–Kier alpha value is -3.66. The van der Waals surface area contributed by atoms with Crippen LogP contribution in [0.3, 0.4) is 0 Å². The number of hydrogen-bond donors (Lipinski definition) is 1. The second kappa shape index (κ2) is 5.70. The molecule has 7 heteroatoms. The molecule has 3 aromatic rings. The first-order valence-corrected chi connectivity index (χ1v) is 7.59. The predicted molar refractivity (Wildman–Crippen MR) is 88.1 cm³/mol. The van der Waals surface area contributed by atoms with Crippen molar-refractivity contribution in [2.75, 3.05) is 0 Å². The van der Waals surface area contributed by atoms with Gasteiger partial charge < -0.3 is 14.9 Å². The van der Waals surface area contributed by atoms with Crippen LogP contribution in [0.4, 0.5) is 8.78 Å². The molecule has 4 rings (SSSR count). The van der Waals surface area contributed by atoms with Gasteiger partial charge in [0.15, 0.2) is 5.75 Å². The van der Waals surface area contributed by atoms with Gasteiger partial charge in [-0.05, 0) is 18.2 Å². The molecule has 1 aliphatic rings. The molecule has 0 bridgehead atoms. The van der Waals surface area contributed by atoms with E-state index in [2.05, 4.69) is 0 Å². The average Bonchev–Trinajstić information content (AvgIpc) is 2.61. The average molecular weight is 352 g/mol. The van der Waals surface area contributed by atoms with Gasteiger partial charge in [0.05, 0.1) is 16.9 Å². The molecule has 1 atom stereocenters. The van der Waals surface area contributed by atoms with Crippen LogP contribution in [0.15, 0.2) is 63.1 Å². The van der Waals surface area contributed by atoms with Crippen molar-refractivity contribution in [2.45, 2.75) is 5.92 Å².